The molecule has 5 heteroatoms. The highest BCUT2D eigenvalue weighted by Crippen LogP contribution is 2.14. The smallest absolute Gasteiger partial charge is 0.238 e. The van der Waals surface area contributed by atoms with Gasteiger partial charge in [0.15, 0.2) is 0 Å². The summed E-state index contributed by atoms with van der Waals surface area (Å²) in [6, 6.07) is 6.69. The van der Waals surface area contributed by atoms with Gasteiger partial charge in [-0.05, 0) is 31.0 Å². The van der Waals surface area contributed by atoms with Crippen molar-refractivity contribution in [3.05, 3.63) is 35.6 Å². The fourth-order valence-electron chi connectivity index (χ4n) is 2.74. The summed E-state index contributed by atoms with van der Waals surface area (Å²) >= 11 is 0. The number of hydrogen-bond acceptors (Lipinski definition) is 3. The van der Waals surface area contributed by atoms with Gasteiger partial charge in [0, 0.05) is 32.7 Å². The number of nitrogens with one attached hydrogen (secondary N) is 2. The van der Waals surface area contributed by atoms with Crippen LogP contribution in [-0.4, -0.2) is 49.6 Å². The van der Waals surface area contributed by atoms with Crippen LogP contribution < -0.4 is 10.6 Å². The van der Waals surface area contributed by atoms with Gasteiger partial charge in [0.2, 0.25) is 5.91 Å². The quantitative estimate of drug-likeness (QED) is 0.856. The summed E-state index contributed by atoms with van der Waals surface area (Å²) in [5.41, 5.74) is 1.09. The molecule has 1 fully saturated rings. The molecule has 0 aliphatic carbocycles. The summed E-state index contributed by atoms with van der Waals surface area (Å²) < 4.78 is 12.9. The van der Waals surface area contributed by atoms with E-state index in [9.17, 15) is 9.18 Å². The van der Waals surface area contributed by atoms with Crippen LogP contribution in [0.1, 0.15) is 12.5 Å². The molecular weight excluding hydrogens is 257 g/mol. The molecule has 2 N–H and O–H groups in total. The molecule has 0 saturated carbocycles. The predicted octanol–water partition coefficient (Wildman–Crippen LogP) is 0.777. The van der Waals surface area contributed by atoms with E-state index in [0.717, 1.165) is 25.1 Å². The number of amides is 1. The summed E-state index contributed by atoms with van der Waals surface area (Å²) in [5, 5.41) is 5.97. The standard InChI is InChI=1S/C15H22FN3O/c1-11(9-12-3-5-13(16)6-4-12)19-8-7-18-10-14(19)15(20)17-2/h3-6,11,14,18H,7-10H2,1-2H3,(H,17,20). The first-order valence-electron chi connectivity index (χ1n) is 7.04. The normalized spacial score (nSPS) is 21.4. The molecule has 2 rings (SSSR count). The number of rotatable bonds is 4. The van der Waals surface area contributed by atoms with Crippen LogP contribution in [0.2, 0.25) is 0 Å². The Hall–Kier alpha value is -1.46. The van der Waals surface area contributed by atoms with Crippen molar-refractivity contribution >= 4 is 5.91 Å². The summed E-state index contributed by atoms with van der Waals surface area (Å²) in [5.74, 6) is -0.171. The molecule has 0 spiro atoms. The molecule has 1 aliphatic heterocycles. The highest BCUT2D eigenvalue weighted by molar-refractivity contribution is 5.81. The molecular formula is C15H22FN3O. The van der Waals surface area contributed by atoms with E-state index in [1.54, 1.807) is 7.05 Å². The first kappa shape index (κ1) is 14.9. The van der Waals surface area contributed by atoms with Crippen molar-refractivity contribution in [1.29, 1.82) is 0 Å². The zero-order valence-corrected chi connectivity index (χ0v) is 12.0. The van der Waals surface area contributed by atoms with Crippen molar-refractivity contribution in [2.75, 3.05) is 26.7 Å². The minimum atomic E-state index is -0.216. The molecule has 0 bridgehead atoms. The lowest BCUT2D eigenvalue weighted by molar-refractivity contribution is -0.127. The molecule has 1 saturated heterocycles. The second-order valence-electron chi connectivity index (χ2n) is 5.25. The average Bonchev–Trinajstić information content (AvgIpc) is 2.48. The SMILES string of the molecule is CNC(=O)C1CNCCN1C(C)Cc1ccc(F)cc1. The van der Waals surface area contributed by atoms with Gasteiger partial charge in [-0.2, -0.15) is 0 Å². The van der Waals surface area contributed by atoms with E-state index in [2.05, 4.69) is 22.5 Å². The second kappa shape index (κ2) is 6.81. The molecule has 1 aliphatic rings. The van der Waals surface area contributed by atoms with Gasteiger partial charge in [0.25, 0.3) is 0 Å². The minimum absolute atomic E-state index is 0.0446. The molecule has 1 heterocycles. The lowest BCUT2D eigenvalue weighted by Crippen LogP contribution is -2.60. The Morgan fingerprint density at radius 2 is 2.20 bits per heavy atom. The van der Waals surface area contributed by atoms with Crippen molar-refractivity contribution in [1.82, 2.24) is 15.5 Å². The molecule has 1 aromatic rings. The number of nitrogens with zero attached hydrogens (tertiary/aromatic N) is 1. The van der Waals surface area contributed by atoms with E-state index in [4.69, 9.17) is 0 Å². The van der Waals surface area contributed by atoms with Gasteiger partial charge in [0.1, 0.15) is 11.9 Å². The number of carbonyl (C=O) groups is 1. The van der Waals surface area contributed by atoms with Crippen LogP contribution in [0.3, 0.4) is 0 Å². The van der Waals surface area contributed by atoms with Crippen molar-refractivity contribution in [2.24, 2.45) is 0 Å². The Balaban J connectivity index is 2.03. The zero-order chi connectivity index (χ0) is 14.5. The van der Waals surface area contributed by atoms with E-state index >= 15 is 0 Å². The van der Waals surface area contributed by atoms with Gasteiger partial charge in [-0.1, -0.05) is 12.1 Å². The maximum absolute atomic E-state index is 12.9. The average molecular weight is 279 g/mol. The van der Waals surface area contributed by atoms with Gasteiger partial charge in [-0.3, -0.25) is 9.69 Å². The van der Waals surface area contributed by atoms with Crippen LogP contribution in [0, 0.1) is 5.82 Å². The largest absolute Gasteiger partial charge is 0.358 e. The highest BCUT2D eigenvalue weighted by atomic mass is 19.1. The molecule has 4 nitrogen and oxygen atoms in total. The van der Waals surface area contributed by atoms with Crippen molar-refractivity contribution in [3.63, 3.8) is 0 Å². The fraction of sp³-hybridized carbons (Fsp3) is 0.533. The van der Waals surface area contributed by atoms with Gasteiger partial charge in [0.05, 0.1) is 0 Å². The van der Waals surface area contributed by atoms with Crippen LogP contribution in [0.4, 0.5) is 4.39 Å². The maximum Gasteiger partial charge on any atom is 0.238 e. The van der Waals surface area contributed by atoms with Gasteiger partial charge in [-0.25, -0.2) is 4.39 Å². The number of likely N-dealkylation sites (N-methyl/N-ethyl adjacent to an activating group) is 1. The molecule has 1 amide bonds. The maximum atomic E-state index is 12.9. The van der Waals surface area contributed by atoms with E-state index in [-0.39, 0.29) is 23.8 Å². The Kier molecular flexibility index (Phi) is 5.09. The van der Waals surface area contributed by atoms with Crippen LogP contribution in [-0.2, 0) is 11.2 Å². The van der Waals surface area contributed by atoms with E-state index in [0.29, 0.717) is 6.54 Å². The van der Waals surface area contributed by atoms with Gasteiger partial charge in [-0.15, -0.1) is 0 Å². The van der Waals surface area contributed by atoms with Crippen molar-refractivity contribution in [2.45, 2.75) is 25.4 Å². The van der Waals surface area contributed by atoms with Gasteiger partial charge >= 0.3 is 0 Å². The van der Waals surface area contributed by atoms with Crippen LogP contribution in [0.15, 0.2) is 24.3 Å². The zero-order valence-electron chi connectivity index (χ0n) is 12.0. The summed E-state index contributed by atoms with van der Waals surface area (Å²) in [6.45, 7) is 4.53. The number of hydrogen-bond donors (Lipinski definition) is 2. The van der Waals surface area contributed by atoms with Crippen molar-refractivity contribution in [3.8, 4) is 0 Å². The molecule has 0 aromatic heterocycles. The van der Waals surface area contributed by atoms with E-state index in [1.807, 2.05) is 12.1 Å². The molecule has 20 heavy (non-hydrogen) atoms. The Morgan fingerprint density at radius 1 is 1.50 bits per heavy atom. The Bertz CT molecular complexity index is 449. The Morgan fingerprint density at radius 3 is 2.85 bits per heavy atom. The molecule has 2 unspecified atom stereocenters. The molecule has 0 radical (unpaired) electrons. The Labute approximate surface area is 119 Å². The first-order chi connectivity index (χ1) is 9.61. The summed E-state index contributed by atoms with van der Waals surface area (Å²) in [6.07, 6.45) is 0.813. The summed E-state index contributed by atoms with van der Waals surface area (Å²) in [7, 11) is 1.67. The topological polar surface area (TPSA) is 44.4 Å². The van der Waals surface area contributed by atoms with E-state index in [1.165, 1.54) is 12.1 Å². The third-order valence-corrected chi connectivity index (χ3v) is 3.84. The monoisotopic (exact) mass is 279 g/mol. The number of carbonyl (C=O) groups excluding carboxylic acids is 1. The van der Waals surface area contributed by atoms with Crippen LogP contribution in [0.25, 0.3) is 0 Å². The fourth-order valence-corrected chi connectivity index (χ4v) is 2.74. The lowest BCUT2D eigenvalue weighted by atomic mass is 10.0. The lowest BCUT2D eigenvalue weighted by Gasteiger charge is -2.39. The molecule has 1 aromatic carbocycles. The van der Waals surface area contributed by atoms with Crippen molar-refractivity contribution < 1.29 is 9.18 Å². The van der Waals surface area contributed by atoms with Crippen LogP contribution >= 0.6 is 0 Å². The molecule has 2 atom stereocenters. The number of benzene rings is 1. The first-order valence-corrected chi connectivity index (χ1v) is 7.04. The van der Waals surface area contributed by atoms with E-state index < -0.39 is 0 Å². The minimum Gasteiger partial charge on any atom is -0.358 e. The second-order valence-corrected chi connectivity index (χ2v) is 5.25. The number of piperazine rings is 1. The summed E-state index contributed by atoms with van der Waals surface area (Å²) in [4.78, 5) is 14.2. The predicted molar refractivity (Wildman–Crippen MR) is 77.0 cm³/mol. The third-order valence-electron chi connectivity index (χ3n) is 3.84. The van der Waals surface area contributed by atoms with Gasteiger partial charge < -0.3 is 10.6 Å². The number of halogens is 1. The van der Waals surface area contributed by atoms with Crippen LogP contribution in [0.5, 0.6) is 0 Å². The molecule has 110 valence electrons. The highest BCUT2D eigenvalue weighted by Gasteiger charge is 2.31. The third kappa shape index (κ3) is 3.55.